The number of nitrogens with two attached hydrogens (primary N) is 1. The first-order valence-corrected chi connectivity index (χ1v) is 4.83. The average molecular weight is 235 g/mol. The summed E-state index contributed by atoms with van der Waals surface area (Å²) in [6.45, 7) is 0. The van der Waals surface area contributed by atoms with Crippen LogP contribution in [0, 0.1) is 34.0 Å². The van der Waals surface area contributed by atoms with E-state index in [0.29, 0.717) is 4.88 Å². The quantitative estimate of drug-likeness (QED) is 0.754. The minimum atomic E-state index is -0.0809. The van der Waals surface area contributed by atoms with Crippen LogP contribution >= 0.6 is 22.9 Å². The Morgan fingerprint density at radius 3 is 2.33 bits per heavy atom. The number of nitrogens with zero attached hydrogens (tertiary/aromatic N) is 3. The van der Waals surface area contributed by atoms with Crippen LogP contribution in [0.15, 0.2) is 5.57 Å². The SMILES string of the molecule is N#CC(C#N)=Cc1sc(N)c(C#N)c1Cl. The maximum Gasteiger partial charge on any atom is 0.131 e. The Bertz CT molecular complexity index is 534. The summed E-state index contributed by atoms with van der Waals surface area (Å²) in [4.78, 5) is 0.448. The molecule has 0 bridgehead atoms. The minimum absolute atomic E-state index is 0.0809. The smallest absolute Gasteiger partial charge is 0.131 e. The van der Waals surface area contributed by atoms with E-state index in [1.54, 1.807) is 12.1 Å². The number of anilines is 1. The van der Waals surface area contributed by atoms with E-state index in [1.807, 2.05) is 6.07 Å². The molecule has 72 valence electrons. The number of thiophene rings is 1. The monoisotopic (exact) mass is 234 g/mol. The van der Waals surface area contributed by atoms with E-state index in [9.17, 15) is 0 Å². The van der Waals surface area contributed by atoms with Gasteiger partial charge in [0.05, 0.1) is 9.90 Å². The van der Waals surface area contributed by atoms with Crippen molar-refractivity contribution in [2.24, 2.45) is 0 Å². The zero-order valence-electron chi connectivity index (χ0n) is 7.28. The third-order valence-electron chi connectivity index (χ3n) is 1.53. The highest BCUT2D eigenvalue weighted by Crippen LogP contribution is 2.35. The molecule has 2 N–H and O–H groups in total. The van der Waals surface area contributed by atoms with E-state index in [0.717, 1.165) is 11.3 Å². The van der Waals surface area contributed by atoms with E-state index in [4.69, 9.17) is 33.1 Å². The molecule has 6 heteroatoms. The maximum absolute atomic E-state index is 8.70. The molecule has 0 aliphatic heterocycles. The van der Waals surface area contributed by atoms with Gasteiger partial charge in [-0.15, -0.1) is 11.3 Å². The minimum Gasteiger partial charge on any atom is -0.389 e. The number of halogens is 1. The Kier molecular flexibility index (Phi) is 3.31. The van der Waals surface area contributed by atoms with Crippen LogP contribution in [0.2, 0.25) is 5.02 Å². The van der Waals surface area contributed by atoms with Gasteiger partial charge in [0.25, 0.3) is 0 Å². The van der Waals surface area contributed by atoms with Crippen molar-refractivity contribution in [1.82, 2.24) is 0 Å². The third kappa shape index (κ3) is 2.08. The predicted octanol–water partition coefficient (Wildman–Crippen LogP) is 2.29. The molecule has 0 aromatic carbocycles. The summed E-state index contributed by atoms with van der Waals surface area (Å²) in [5.41, 5.74) is 5.63. The van der Waals surface area contributed by atoms with Crippen LogP contribution in [0.1, 0.15) is 10.4 Å². The molecule has 0 saturated heterocycles. The zero-order valence-corrected chi connectivity index (χ0v) is 8.85. The molecule has 0 amide bonds. The fourth-order valence-corrected chi connectivity index (χ4v) is 2.09. The van der Waals surface area contributed by atoms with Crippen molar-refractivity contribution in [3.05, 3.63) is 21.0 Å². The van der Waals surface area contributed by atoms with Crippen molar-refractivity contribution in [2.75, 3.05) is 5.73 Å². The van der Waals surface area contributed by atoms with E-state index in [2.05, 4.69) is 0 Å². The maximum atomic E-state index is 8.70. The van der Waals surface area contributed by atoms with Gasteiger partial charge in [-0.25, -0.2) is 0 Å². The second-order valence-corrected chi connectivity index (χ2v) is 3.87. The fraction of sp³-hybridized carbons (Fsp3) is 0. The average Bonchev–Trinajstić information content (AvgIpc) is 2.50. The van der Waals surface area contributed by atoms with Crippen molar-refractivity contribution < 1.29 is 0 Å². The number of nitrogen functional groups attached to an aromatic ring is 1. The molecule has 0 fully saturated rings. The van der Waals surface area contributed by atoms with Gasteiger partial charge in [-0.1, -0.05) is 11.6 Å². The first kappa shape index (κ1) is 11.1. The van der Waals surface area contributed by atoms with Crippen LogP contribution in [0.4, 0.5) is 5.00 Å². The van der Waals surface area contributed by atoms with Crippen molar-refractivity contribution in [2.45, 2.75) is 0 Å². The fourth-order valence-electron chi connectivity index (χ4n) is 0.863. The van der Waals surface area contributed by atoms with E-state index >= 15 is 0 Å². The summed E-state index contributed by atoms with van der Waals surface area (Å²) < 4.78 is 0. The van der Waals surface area contributed by atoms with Gasteiger partial charge in [-0.05, 0) is 6.08 Å². The zero-order chi connectivity index (χ0) is 11.4. The Hall–Kier alpha value is -2.00. The van der Waals surface area contributed by atoms with Crippen molar-refractivity contribution in [3.63, 3.8) is 0 Å². The summed E-state index contributed by atoms with van der Waals surface area (Å²) in [7, 11) is 0. The molecular weight excluding hydrogens is 232 g/mol. The van der Waals surface area contributed by atoms with Crippen molar-refractivity contribution in [1.29, 1.82) is 15.8 Å². The molecule has 1 aromatic rings. The number of nitriles is 3. The molecule has 0 atom stereocenters. The van der Waals surface area contributed by atoms with Gasteiger partial charge in [-0.3, -0.25) is 0 Å². The number of rotatable bonds is 1. The summed E-state index contributed by atoms with van der Waals surface area (Å²) in [5, 5.41) is 26.2. The summed E-state index contributed by atoms with van der Waals surface area (Å²) in [6, 6.07) is 5.25. The molecule has 0 spiro atoms. The highest BCUT2D eigenvalue weighted by atomic mass is 35.5. The molecule has 1 rings (SSSR count). The standard InChI is InChI=1S/C9H3ClN4S/c10-8-6(4-13)9(14)15-7(8)1-5(2-11)3-12/h1H,14H2. The Labute approximate surface area is 95.0 Å². The predicted molar refractivity (Wildman–Crippen MR) is 57.7 cm³/mol. The van der Waals surface area contributed by atoms with Crippen LogP contribution in [0.5, 0.6) is 0 Å². The van der Waals surface area contributed by atoms with Crippen LogP contribution in [-0.2, 0) is 0 Å². The van der Waals surface area contributed by atoms with Crippen molar-refractivity contribution in [3.8, 4) is 18.2 Å². The first-order valence-electron chi connectivity index (χ1n) is 3.63. The Morgan fingerprint density at radius 1 is 1.33 bits per heavy atom. The molecule has 0 aliphatic rings. The number of hydrogen-bond donors (Lipinski definition) is 1. The molecule has 4 nitrogen and oxygen atoms in total. The lowest BCUT2D eigenvalue weighted by atomic mass is 10.2. The second kappa shape index (κ2) is 4.48. The second-order valence-electron chi connectivity index (χ2n) is 2.41. The van der Waals surface area contributed by atoms with E-state index in [-0.39, 0.29) is 21.2 Å². The van der Waals surface area contributed by atoms with Crippen LogP contribution in [0.3, 0.4) is 0 Å². The van der Waals surface area contributed by atoms with E-state index in [1.165, 1.54) is 6.08 Å². The molecular formula is C9H3ClN4S. The topological polar surface area (TPSA) is 97.4 Å². The largest absolute Gasteiger partial charge is 0.389 e. The molecule has 0 unspecified atom stereocenters. The lowest BCUT2D eigenvalue weighted by molar-refractivity contribution is 1.47. The molecule has 0 saturated carbocycles. The van der Waals surface area contributed by atoms with Gasteiger partial charge in [-0.2, -0.15) is 15.8 Å². The normalized spacial score (nSPS) is 8.40. The first-order chi connectivity index (χ1) is 7.13. The van der Waals surface area contributed by atoms with Crippen molar-refractivity contribution >= 4 is 34.0 Å². The third-order valence-corrected chi connectivity index (χ3v) is 3.00. The van der Waals surface area contributed by atoms with Crippen LogP contribution in [0.25, 0.3) is 6.08 Å². The van der Waals surface area contributed by atoms with Gasteiger partial charge in [0.2, 0.25) is 0 Å². The summed E-state index contributed by atoms with van der Waals surface area (Å²) in [6.07, 6.45) is 1.31. The lowest BCUT2D eigenvalue weighted by Gasteiger charge is -1.86. The van der Waals surface area contributed by atoms with Gasteiger partial charge >= 0.3 is 0 Å². The van der Waals surface area contributed by atoms with Gasteiger partial charge in [0.15, 0.2) is 0 Å². The van der Waals surface area contributed by atoms with Crippen LogP contribution < -0.4 is 5.73 Å². The molecule has 0 aliphatic carbocycles. The molecule has 1 heterocycles. The summed E-state index contributed by atoms with van der Waals surface area (Å²) in [5.74, 6) is 0. The number of allylic oxidation sites excluding steroid dienone is 1. The molecule has 15 heavy (non-hydrogen) atoms. The van der Waals surface area contributed by atoms with E-state index < -0.39 is 0 Å². The van der Waals surface area contributed by atoms with Gasteiger partial charge < -0.3 is 5.73 Å². The van der Waals surface area contributed by atoms with Gasteiger partial charge in [0, 0.05) is 0 Å². The highest BCUT2D eigenvalue weighted by molar-refractivity contribution is 7.17. The lowest BCUT2D eigenvalue weighted by Crippen LogP contribution is -1.81. The molecule has 0 radical (unpaired) electrons. The van der Waals surface area contributed by atoms with Gasteiger partial charge in [0.1, 0.15) is 34.3 Å². The highest BCUT2D eigenvalue weighted by Gasteiger charge is 2.13. The number of hydrogen-bond acceptors (Lipinski definition) is 5. The Balaban J connectivity index is 3.33. The summed E-state index contributed by atoms with van der Waals surface area (Å²) >= 11 is 6.90. The van der Waals surface area contributed by atoms with Crippen LogP contribution in [-0.4, -0.2) is 0 Å². The Morgan fingerprint density at radius 2 is 1.93 bits per heavy atom. The molecule has 1 aromatic heterocycles.